The molecule has 0 rings (SSSR count). The molecule has 0 aromatic carbocycles. The summed E-state index contributed by atoms with van der Waals surface area (Å²) in [4.78, 5) is 10.4. The number of aliphatic hydroxyl groups is 1. The minimum atomic E-state index is -1.16. The van der Waals surface area contributed by atoms with Crippen LogP contribution in [0.2, 0.25) is 0 Å². The highest BCUT2D eigenvalue weighted by Gasteiger charge is 2.11. The van der Waals surface area contributed by atoms with E-state index in [1.165, 1.54) is 128 Å². The van der Waals surface area contributed by atoms with Gasteiger partial charge in [0.05, 0.1) is 0 Å². The Kier molecular flexibility index (Phi) is 31.9. The van der Waals surface area contributed by atoms with Crippen molar-refractivity contribution in [3.05, 3.63) is 0 Å². The van der Waals surface area contributed by atoms with Crippen molar-refractivity contribution in [1.82, 2.24) is 0 Å². The predicted octanol–water partition coefficient (Wildman–Crippen LogP) is 8.39. The summed E-state index contributed by atoms with van der Waals surface area (Å²) in [5.41, 5.74) is 5.39. The average molecular weight is 458 g/mol. The molecule has 0 radical (unpaired) electrons. The summed E-state index contributed by atoms with van der Waals surface area (Å²) in [7, 11) is 0. The lowest BCUT2D eigenvalue weighted by atomic mass is 10.0. The monoisotopic (exact) mass is 457 g/mol. The molecular weight excluding hydrogens is 398 g/mol. The van der Waals surface area contributed by atoms with Crippen LogP contribution in [0.4, 0.5) is 0 Å². The lowest BCUT2D eigenvalue weighted by molar-refractivity contribution is -0.146. The van der Waals surface area contributed by atoms with Gasteiger partial charge in [0.25, 0.3) is 0 Å². The van der Waals surface area contributed by atoms with Crippen molar-refractivity contribution >= 4 is 5.97 Å². The van der Waals surface area contributed by atoms with Crippen LogP contribution in [-0.2, 0) is 4.79 Å². The number of carbonyl (C=O) groups is 1. The van der Waals surface area contributed by atoms with Crippen LogP contribution >= 0.6 is 0 Å². The zero-order valence-electron chi connectivity index (χ0n) is 21.9. The molecule has 194 valence electrons. The molecule has 0 aliphatic rings. The molecule has 1 unspecified atom stereocenters. The molecule has 4 heteroatoms. The molecule has 0 amide bonds. The van der Waals surface area contributed by atoms with Gasteiger partial charge >= 0.3 is 5.97 Å². The Labute approximate surface area is 201 Å². The van der Waals surface area contributed by atoms with Crippen LogP contribution in [0.15, 0.2) is 0 Å². The van der Waals surface area contributed by atoms with Crippen molar-refractivity contribution in [2.45, 2.75) is 168 Å². The van der Waals surface area contributed by atoms with E-state index in [0.29, 0.717) is 6.42 Å². The van der Waals surface area contributed by atoms with Crippen LogP contribution < -0.4 is 5.73 Å². The third kappa shape index (κ3) is 31.6. The first-order valence-corrected chi connectivity index (χ1v) is 14.2. The highest BCUT2D eigenvalue weighted by atomic mass is 16.4. The molecule has 0 aromatic rings. The summed E-state index contributed by atoms with van der Waals surface area (Å²) in [5, 5.41) is 17.7. The molecule has 0 bridgehead atoms. The highest BCUT2D eigenvalue weighted by Crippen LogP contribution is 2.13. The van der Waals surface area contributed by atoms with Gasteiger partial charge in [-0.3, -0.25) is 0 Å². The Morgan fingerprint density at radius 2 is 0.844 bits per heavy atom. The van der Waals surface area contributed by atoms with Crippen molar-refractivity contribution in [2.75, 3.05) is 6.54 Å². The fourth-order valence-electron chi connectivity index (χ4n) is 3.93. The maximum atomic E-state index is 10.4. The van der Waals surface area contributed by atoms with Gasteiger partial charge in [-0.05, 0) is 19.4 Å². The molecule has 0 saturated carbocycles. The number of unbranched alkanes of at least 4 members (excludes halogenated alkanes) is 20. The van der Waals surface area contributed by atoms with Crippen LogP contribution in [0.1, 0.15) is 162 Å². The van der Waals surface area contributed by atoms with Gasteiger partial charge in [0.15, 0.2) is 6.10 Å². The van der Waals surface area contributed by atoms with Gasteiger partial charge in [-0.2, -0.15) is 0 Å². The smallest absolute Gasteiger partial charge is 0.332 e. The fraction of sp³-hybridized carbons (Fsp3) is 0.964. The molecular formula is C28H59NO3. The van der Waals surface area contributed by atoms with Gasteiger partial charge in [0.2, 0.25) is 0 Å². The molecule has 0 heterocycles. The topological polar surface area (TPSA) is 83.5 Å². The number of aliphatic carboxylic acids is 1. The minimum absolute atomic E-state index is 0.396. The van der Waals surface area contributed by atoms with E-state index in [2.05, 4.69) is 13.8 Å². The van der Waals surface area contributed by atoms with Gasteiger partial charge in [-0.15, -0.1) is 0 Å². The second-order valence-electron chi connectivity index (χ2n) is 9.50. The Hall–Kier alpha value is -0.610. The van der Waals surface area contributed by atoms with Crippen molar-refractivity contribution in [1.29, 1.82) is 0 Å². The van der Waals surface area contributed by atoms with Gasteiger partial charge in [-0.1, -0.05) is 149 Å². The van der Waals surface area contributed by atoms with Crippen molar-refractivity contribution < 1.29 is 15.0 Å². The fourth-order valence-corrected chi connectivity index (χ4v) is 3.93. The highest BCUT2D eigenvalue weighted by molar-refractivity contribution is 5.71. The first-order chi connectivity index (χ1) is 15.6. The first kappa shape index (κ1) is 33.6. The summed E-state index contributed by atoms with van der Waals surface area (Å²) >= 11 is 0. The number of nitrogens with two attached hydrogens (primary N) is 1. The van der Waals surface area contributed by atoms with Crippen LogP contribution in [0.3, 0.4) is 0 Å². The summed E-state index contributed by atoms with van der Waals surface area (Å²) < 4.78 is 0. The molecule has 0 aromatic heterocycles. The molecule has 0 aliphatic heterocycles. The van der Waals surface area contributed by atoms with Crippen molar-refractivity contribution in [2.24, 2.45) is 5.73 Å². The Morgan fingerprint density at radius 3 is 1.12 bits per heavy atom. The third-order valence-electron chi connectivity index (χ3n) is 6.17. The maximum Gasteiger partial charge on any atom is 0.332 e. The first-order valence-electron chi connectivity index (χ1n) is 14.2. The maximum absolute atomic E-state index is 10.4. The minimum Gasteiger partial charge on any atom is -0.479 e. The number of rotatable bonds is 24. The molecule has 32 heavy (non-hydrogen) atoms. The zero-order chi connectivity index (χ0) is 24.1. The lowest BCUT2D eigenvalue weighted by Crippen LogP contribution is -2.18. The predicted molar refractivity (Wildman–Crippen MR) is 140 cm³/mol. The molecule has 1 atom stereocenters. The lowest BCUT2D eigenvalue weighted by Gasteiger charge is -2.05. The van der Waals surface area contributed by atoms with E-state index < -0.39 is 12.1 Å². The number of hydrogen-bond acceptors (Lipinski definition) is 3. The Morgan fingerprint density at radius 1 is 0.562 bits per heavy atom. The Bertz CT molecular complexity index is 342. The van der Waals surface area contributed by atoms with E-state index in [1.807, 2.05) is 0 Å². The van der Waals surface area contributed by atoms with E-state index in [1.54, 1.807) is 0 Å². The summed E-state index contributed by atoms with van der Waals surface area (Å²) in [6.07, 6.45) is 28.2. The van der Waals surface area contributed by atoms with Gasteiger partial charge < -0.3 is 15.9 Å². The van der Waals surface area contributed by atoms with Crippen LogP contribution in [0.25, 0.3) is 0 Å². The quantitative estimate of drug-likeness (QED) is 0.127. The van der Waals surface area contributed by atoms with Crippen molar-refractivity contribution in [3.63, 3.8) is 0 Å². The van der Waals surface area contributed by atoms with E-state index >= 15 is 0 Å². The summed E-state index contributed by atoms with van der Waals surface area (Å²) in [6, 6.07) is 0. The SMILES string of the molecule is CCCCCCCCCCCCCCCCC(O)C(=O)O.CCCCCCCCCCN. The van der Waals surface area contributed by atoms with Crippen LogP contribution in [0.5, 0.6) is 0 Å². The largest absolute Gasteiger partial charge is 0.479 e. The normalized spacial score (nSPS) is 11.8. The summed E-state index contributed by atoms with van der Waals surface area (Å²) in [5.74, 6) is -1.09. The molecule has 0 aliphatic carbocycles. The Balaban J connectivity index is 0. The second-order valence-corrected chi connectivity index (χ2v) is 9.50. The zero-order valence-corrected chi connectivity index (χ0v) is 21.9. The van der Waals surface area contributed by atoms with E-state index in [9.17, 15) is 4.79 Å². The number of carboxylic acid groups (broad SMARTS) is 1. The summed E-state index contributed by atoms with van der Waals surface area (Å²) in [6.45, 7) is 5.39. The van der Waals surface area contributed by atoms with Gasteiger partial charge in [-0.25, -0.2) is 4.79 Å². The number of aliphatic hydroxyl groups excluding tert-OH is 1. The van der Waals surface area contributed by atoms with Crippen LogP contribution in [-0.4, -0.2) is 28.8 Å². The second kappa shape index (κ2) is 30.4. The molecule has 0 fully saturated rings. The molecule has 4 N–H and O–H groups in total. The van der Waals surface area contributed by atoms with E-state index in [4.69, 9.17) is 15.9 Å². The average Bonchev–Trinajstić information content (AvgIpc) is 2.79. The molecule has 4 nitrogen and oxygen atoms in total. The standard InChI is InChI=1S/C18H36O3.C10H23N/c1-2-3-4-5-6-7-8-9-10-11-12-13-14-15-16-17(19)18(20)21;1-2-3-4-5-6-7-8-9-10-11/h17,19H,2-16H2,1H3,(H,20,21);2-11H2,1H3. The van der Waals surface area contributed by atoms with Crippen molar-refractivity contribution in [3.8, 4) is 0 Å². The van der Waals surface area contributed by atoms with E-state index in [-0.39, 0.29) is 0 Å². The van der Waals surface area contributed by atoms with Crippen LogP contribution in [0, 0.1) is 0 Å². The number of hydrogen-bond donors (Lipinski definition) is 3. The van der Waals surface area contributed by atoms with Gasteiger partial charge in [0, 0.05) is 0 Å². The number of carboxylic acids is 1. The third-order valence-corrected chi connectivity index (χ3v) is 6.17. The molecule has 0 saturated heterocycles. The molecule has 0 spiro atoms. The van der Waals surface area contributed by atoms with Gasteiger partial charge in [0.1, 0.15) is 0 Å². The van der Waals surface area contributed by atoms with E-state index in [0.717, 1.165) is 19.4 Å².